The van der Waals surface area contributed by atoms with Crippen LogP contribution in [0.5, 0.6) is 0 Å². The van der Waals surface area contributed by atoms with Crippen molar-refractivity contribution in [3.05, 3.63) is 45.6 Å². The van der Waals surface area contributed by atoms with Crippen LogP contribution in [0.2, 0.25) is 10.2 Å². The summed E-state index contributed by atoms with van der Waals surface area (Å²) in [5.41, 5.74) is 0.790. The van der Waals surface area contributed by atoms with Gasteiger partial charge < -0.3 is 10.2 Å². The van der Waals surface area contributed by atoms with E-state index in [0.717, 1.165) is 12.1 Å². The molecular formula is C13H10Cl2F2N4. The molecule has 1 aromatic carbocycles. The van der Waals surface area contributed by atoms with E-state index < -0.39 is 11.6 Å². The molecular weight excluding hydrogens is 321 g/mol. The maximum absolute atomic E-state index is 13.9. The summed E-state index contributed by atoms with van der Waals surface area (Å²) in [6.45, 7) is 1.32. The number of hydrogen-bond acceptors (Lipinski definition) is 4. The zero-order valence-electron chi connectivity index (χ0n) is 10.7. The molecule has 3 rings (SSSR count). The first-order valence-corrected chi connectivity index (χ1v) is 6.96. The smallest absolute Gasteiger partial charge is 0.172 e. The highest BCUT2D eigenvalue weighted by Crippen LogP contribution is 2.32. The van der Waals surface area contributed by atoms with Crippen LogP contribution in [0.15, 0.2) is 18.2 Å². The Balaban J connectivity index is 1.98. The van der Waals surface area contributed by atoms with Gasteiger partial charge in [0.15, 0.2) is 11.0 Å². The van der Waals surface area contributed by atoms with Gasteiger partial charge >= 0.3 is 0 Å². The lowest BCUT2D eigenvalue weighted by molar-refractivity contribution is 0.581. The minimum Gasteiger partial charge on any atom is -0.365 e. The van der Waals surface area contributed by atoms with E-state index in [9.17, 15) is 8.78 Å². The van der Waals surface area contributed by atoms with Crippen molar-refractivity contribution in [2.24, 2.45) is 0 Å². The lowest BCUT2D eigenvalue weighted by Crippen LogP contribution is -2.34. The molecule has 21 heavy (non-hydrogen) atoms. The number of nitrogens with one attached hydrogen (secondary N) is 1. The van der Waals surface area contributed by atoms with Gasteiger partial charge in [0, 0.05) is 31.3 Å². The van der Waals surface area contributed by atoms with Gasteiger partial charge in [-0.2, -0.15) is 0 Å². The zero-order valence-corrected chi connectivity index (χ0v) is 12.2. The molecule has 1 aliphatic heterocycles. The van der Waals surface area contributed by atoms with Crippen molar-refractivity contribution < 1.29 is 8.78 Å². The molecule has 0 spiro atoms. The van der Waals surface area contributed by atoms with Crippen molar-refractivity contribution in [3.63, 3.8) is 0 Å². The van der Waals surface area contributed by atoms with E-state index in [1.165, 1.54) is 0 Å². The van der Waals surface area contributed by atoms with Gasteiger partial charge in [0.2, 0.25) is 0 Å². The highest BCUT2D eigenvalue weighted by Gasteiger charge is 2.22. The van der Waals surface area contributed by atoms with Crippen LogP contribution in [0.3, 0.4) is 0 Å². The van der Waals surface area contributed by atoms with E-state index in [2.05, 4.69) is 15.5 Å². The topological polar surface area (TPSA) is 41.0 Å². The van der Waals surface area contributed by atoms with E-state index in [1.54, 1.807) is 6.07 Å². The number of anilines is 2. The summed E-state index contributed by atoms with van der Waals surface area (Å²) in [6.07, 6.45) is 0. The summed E-state index contributed by atoms with van der Waals surface area (Å²) in [4.78, 5) is 1.83. The maximum atomic E-state index is 13.9. The van der Waals surface area contributed by atoms with E-state index in [4.69, 9.17) is 23.2 Å². The molecule has 1 aromatic heterocycles. The van der Waals surface area contributed by atoms with Crippen LogP contribution in [-0.2, 0) is 6.54 Å². The van der Waals surface area contributed by atoms with Crippen LogP contribution >= 0.6 is 23.2 Å². The Hall–Kier alpha value is -1.66. The Bertz CT molecular complexity index is 696. The Morgan fingerprint density at radius 3 is 2.76 bits per heavy atom. The monoisotopic (exact) mass is 330 g/mol. The third-order valence-electron chi connectivity index (χ3n) is 3.25. The van der Waals surface area contributed by atoms with E-state index in [0.29, 0.717) is 24.6 Å². The van der Waals surface area contributed by atoms with Crippen molar-refractivity contribution in [1.82, 2.24) is 10.2 Å². The molecule has 0 radical (unpaired) electrons. The molecule has 0 aliphatic carbocycles. The van der Waals surface area contributed by atoms with Crippen LogP contribution in [0.4, 0.5) is 20.3 Å². The van der Waals surface area contributed by atoms with Crippen molar-refractivity contribution in [3.8, 4) is 0 Å². The van der Waals surface area contributed by atoms with E-state index in [1.807, 2.05) is 4.90 Å². The fourth-order valence-electron chi connectivity index (χ4n) is 2.22. The largest absolute Gasteiger partial charge is 0.365 e. The first kappa shape index (κ1) is 14.3. The average molecular weight is 331 g/mol. The molecule has 2 heterocycles. The number of fused-ring (bicyclic) bond motifs is 1. The quantitative estimate of drug-likeness (QED) is 0.856. The molecule has 1 N–H and O–H groups in total. The Labute approximate surface area is 129 Å². The summed E-state index contributed by atoms with van der Waals surface area (Å²) in [5, 5.41) is 10.8. The SMILES string of the molecule is Fc1ccc(F)c(CN2CCNc3nnc(Cl)cc32)c1Cl. The van der Waals surface area contributed by atoms with Gasteiger partial charge in [-0.3, -0.25) is 0 Å². The fourth-order valence-corrected chi connectivity index (χ4v) is 2.58. The third kappa shape index (κ3) is 2.73. The van der Waals surface area contributed by atoms with Gasteiger partial charge in [-0.15, -0.1) is 10.2 Å². The highest BCUT2D eigenvalue weighted by molar-refractivity contribution is 6.31. The molecule has 0 bridgehead atoms. The molecule has 0 saturated carbocycles. The number of rotatable bonds is 2. The molecule has 0 amide bonds. The summed E-state index contributed by atoms with van der Waals surface area (Å²) in [7, 11) is 0. The number of hydrogen-bond donors (Lipinski definition) is 1. The maximum Gasteiger partial charge on any atom is 0.172 e. The summed E-state index contributed by atoms with van der Waals surface area (Å²) < 4.78 is 27.4. The Kier molecular flexibility index (Phi) is 3.82. The van der Waals surface area contributed by atoms with E-state index >= 15 is 0 Å². The third-order valence-corrected chi connectivity index (χ3v) is 3.84. The van der Waals surface area contributed by atoms with Crippen molar-refractivity contribution in [2.75, 3.05) is 23.3 Å². The summed E-state index contributed by atoms with van der Waals surface area (Å²) in [6, 6.07) is 3.70. The Morgan fingerprint density at radius 1 is 1.19 bits per heavy atom. The normalized spacial score (nSPS) is 13.8. The standard InChI is InChI=1S/C13H10Cl2F2N4/c14-11-5-10-13(20-19-11)18-3-4-21(10)6-7-8(16)1-2-9(17)12(7)15/h1-2,5H,3-4,6H2,(H,18,20). The van der Waals surface area contributed by atoms with Crippen molar-refractivity contribution >= 4 is 34.7 Å². The van der Waals surface area contributed by atoms with Gasteiger partial charge in [-0.1, -0.05) is 23.2 Å². The molecule has 0 atom stereocenters. The highest BCUT2D eigenvalue weighted by atomic mass is 35.5. The number of aromatic nitrogens is 2. The predicted octanol–water partition coefficient (Wildman–Crippen LogP) is 3.49. The predicted molar refractivity (Wildman–Crippen MR) is 77.9 cm³/mol. The van der Waals surface area contributed by atoms with Gasteiger partial charge in [-0.05, 0) is 12.1 Å². The number of halogens is 4. The van der Waals surface area contributed by atoms with Crippen LogP contribution < -0.4 is 10.2 Å². The van der Waals surface area contributed by atoms with Gasteiger partial charge in [0.05, 0.1) is 10.7 Å². The number of benzene rings is 1. The van der Waals surface area contributed by atoms with Gasteiger partial charge in [-0.25, -0.2) is 8.78 Å². The second-order valence-corrected chi connectivity index (χ2v) is 5.34. The molecule has 110 valence electrons. The number of nitrogens with zero attached hydrogens (tertiary/aromatic N) is 3. The van der Waals surface area contributed by atoms with Gasteiger partial charge in [0.25, 0.3) is 0 Å². The first-order valence-electron chi connectivity index (χ1n) is 6.20. The van der Waals surface area contributed by atoms with Gasteiger partial charge in [0.1, 0.15) is 11.6 Å². The molecule has 2 aromatic rings. The minimum atomic E-state index is -0.644. The molecule has 0 saturated heterocycles. The van der Waals surface area contributed by atoms with Crippen molar-refractivity contribution in [1.29, 1.82) is 0 Å². The van der Waals surface area contributed by atoms with Crippen LogP contribution in [0.25, 0.3) is 0 Å². The van der Waals surface area contributed by atoms with Crippen LogP contribution in [0.1, 0.15) is 5.56 Å². The molecule has 0 fully saturated rings. The van der Waals surface area contributed by atoms with Crippen molar-refractivity contribution in [2.45, 2.75) is 6.54 Å². The minimum absolute atomic E-state index is 0.109. The lowest BCUT2D eigenvalue weighted by Gasteiger charge is -2.31. The average Bonchev–Trinajstić information content (AvgIpc) is 2.48. The second-order valence-electron chi connectivity index (χ2n) is 4.57. The summed E-state index contributed by atoms with van der Waals surface area (Å²) >= 11 is 11.7. The molecule has 1 aliphatic rings. The first-order chi connectivity index (χ1) is 10.1. The van der Waals surface area contributed by atoms with E-state index in [-0.39, 0.29) is 22.3 Å². The Morgan fingerprint density at radius 2 is 1.95 bits per heavy atom. The van der Waals surface area contributed by atoms with Crippen LogP contribution in [0, 0.1) is 11.6 Å². The van der Waals surface area contributed by atoms with Crippen LogP contribution in [-0.4, -0.2) is 23.3 Å². The summed E-state index contributed by atoms with van der Waals surface area (Å²) in [5.74, 6) is -0.637. The lowest BCUT2D eigenvalue weighted by atomic mass is 10.1. The molecule has 8 heteroatoms. The molecule has 0 unspecified atom stereocenters. The second kappa shape index (κ2) is 5.61. The fraction of sp³-hybridized carbons (Fsp3) is 0.231. The molecule has 4 nitrogen and oxygen atoms in total. The zero-order chi connectivity index (χ0) is 15.0.